The van der Waals surface area contributed by atoms with Crippen LogP contribution in [0, 0.1) is 5.92 Å². The van der Waals surface area contributed by atoms with Crippen molar-refractivity contribution in [3.63, 3.8) is 0 Å². The Morgan fingerprint density at radius 2 is 2.06 bits per heavy atom. The molecule has 1 saturated carbocycles. The van der Waals surface area contributed by atoms with Gasteiger partial charge < -0.3 is 15.2 Å². The van der Waals surface area contributed by atoms with Crippen molar-refractivity contribution in [2.75, 3.05) is 7.11 Å². The van der Waals surface area contributed by atoms with Crippen molar-refractivity contribution in [1.82, 2.24) is 0 Å². The van der Waals surface area contributed by atoms with Gasteiger partial charge in [0.25, 0.3) is 0 Å². The lowest BCUT2D eigenvalue weighted by Crippen LogP contribution is -2.41. The predicted octanol–water partition coefficient (Wildman–Crippen LogP) is 1.86. The largest absolute Gasteiger partial charge is 0.461 e. The number of ether oxygens (including phenoxy) is 2. The van der Waals surface area contributed by atoms with Crippen LogP contribution in [0.15, 0.2) is 0 Å². The predicted molar refractivity (Wildman–Crippen MR) is 66.6 cm³/mol. The molecule has 3 unspecified atom stereocenters. The van der Waals surface area contributed by atoms with E-state index in [9.17, 15) is 4.79 Å². The van der Waals surface area contributed by atoms with Crippen molar-refractivity contribution in [2.45, 2.75) is 64.2 Å². The zero-order valence-electron chi connectivity index (χ0n) is 11.1. The fourth-order valence-electron chi connectivity index (χ4n) is 2.15. The molecule has 0 heterocycles. The highest BCUT2D eigenvalue weighted by Crippen LogP contribution is 2.23. The van der Waals surface area contributed by atoms with Crippen LogP contribution in [-0.2, 0) is 14.3 Å². The molecule has 4 heteroatoms. The third-order valence-corrected chi connectivity index (χ3v) is 3.72. The van der Waals surface area contributed by atoms with Gasteiger partial charge in [-0.1, -0.05) is 20.3 Å². The molecule has 0 spiro atoms. The molecule has 4 nitrogen and oxygen atoms in total. The van der Waals surface area contributed by atoms with Gasteiger partial charge in [0.15, 0.2) is 0 Å². The molecule has 1 fully saturated rings. The van der Waals surface area contributed by atoms with Crippen molar-refractivity contribution in [2.24, 2.45) is 11.7 Å². The number of rotatable bonds is 5. The highest BCUT2D eigenvalue weighted by Gasteiger charge is 2.28. The molecule has 0 amide bonds. The Bertz CT molecular complexity index is 245. The number of hydrogen-bond donors (Lipinski definition) is 1. The molecule has 17 heavy (non-hydrogen) atoms. The molecule has 0 radical (unpaired) electrons. The summed E-state index contributed by atoms with van der Waals surface area (Å²) >= 11 is 0. The van der Waals surface area contributed by atoms with Crippen molar-refractivity contribution in [3.8, 4) is 0 Å². The Balaban J connectivity index is 2.40. The number of methoxy groups -OCH3 is 1. The molecule has 0 aliphatic heterocycles. The Morgan fingerprint density at radius 3 is 2.65 bits per heavy atom. The van der Waals surface area contributed by atoms with Crippen LogP contribution in [0.1, 0.15) is 46.0 Å². The lowest BCUT2D eigenvalue weighted by atomic mass is 9.94. The zero-order chi connectivity index (χ0) is 12.8. The fraction of sp³-hybridized carbons (Fsp3) is 0.923. The van der Waals surface area contributed by atoms with E-state index in [1.165, 1.54) is 0 Å². The van der Waals surface area contributed by atoms with Gasteiger partial charge in [-0.15, -0.1) is 0 Å². The first-order valence-corrected chi connectivity index (χ1v) is 6.57. The number of esters is 1. The lowest BCUT2D eigenvalue weighted by molar-refractivity contribution is -0.155. The minimum atomic E-state index is -0.497. The minimum absolute atomic E-state index is 0.0173. The SMILES string of the molecule is CCC(C)[C@H](N)C(=O)OC1CCCC(OC)C1. The van der Waals surface area contributed by atoms with Crippen molar-refractivity contribution in [1.29, 1.82) is 0 Å². The molecule has 0 aromatic rings. The summed E-state index contributed by atoms with van der Waals surface area (Å²) in [6.45, 7) is 4.00. The van der Waals surface area contributed by atoms with Crippen LogP contribution in [0.2, 0.25) is 0 Å². The molecule has 2 N–H and O–H groups in total. The zero-order valence-corrected chi connectivity index (χ0v) is 11.1. The highest BCUT2D eigenvalue weighted by atomic mass is 16.5. The summed E-state index contributed by atoms with van der Waals surface area (Å²) in [6.07, 6.45) is 4.94. The Morgan fingerprint density at radius 1 is 1.41 bits per heavy atom. The number of carbonyl (C=O) groups excluding carboxylic acids is 1. The highest BCUT2D eigenvalue weighted by molar-refractivity contribution is 5.76. The maximum Gasteiger partial charge on any atom is 0.323 e. The normalized spacial score (nSPS) is 28.5. The molecule has 0 aromatic carbocycles. The van der Waals surface area contributed by atoms with E-state index in [4.69, 9.17) is 15.2 Å². The van der Waals surface area contributed by atoms with Gasteiger partial charge in [0.05, 0.1) is 6.10 Å². The second kappa shape index (κ2) is 6.97. The third-order valence-electron chi connectivity index (χ3n) is 3.72. The van der Waals surface area contributed by atoms with Crippen LogP contribution in [-0.4, -0.2) is 31.3 Å². The topological polar surface area (TPSA) is 61.6 Å². The Kier molecular flexibility index (Phi) is 5.92. The first kappa shape index (κ1) is 14.5. The summed E-state index contributed by atoms with van der Waals surface area (Å²) in [4.78, 5) is 11.8. The average molecular weight is 243 g/mol. The minimum Gasteiger partial charge on any atom is -0.461 e. The van der Waals surface area contributed by atoms with Gasteiger partial charge in [0.1, 0.15) is 12.1 Å². The fourth-order valence-corrected chi connectivity index (χ4v) is 2.15. The molecular formula is C13H25NO3. The van der Waals surface area contributed by atoms with E-state index in [2.05, 4.69) is 0 Å². The quantitative estimate of drug-likeness (QED) is 0.749. The molecule has 1 aliphatic rings. The maximum atomic E-state index is 11.8. The van der Waals surface area contributed by atoms with Crippen molar-refractivity contribution in [3.05, 3.63) is 0 Å². The van der Waals surface area contributed by atoms with Gasteiger partial charge in [0, 0.05) is 13.5 Å². The van der Waals surface area contributed by atoms with Gasteiger partial charge in [-0.2, -0.15) is 0 Å². The molecule has 4 atom stereocenters. The van der Waals surface area contributed by atoms with Crippen LogP contribution >= 0.6 is 0 Å². The number of nitrogens with two attached hydrogens (primary N) is 1. The van der Waals surface area contributed by atoms with Crippen LogP contribution in [0.5, 0.6) is 0 Å². The smallest absolute Gasteiger partial charge is 0.323 e. The van der Waals surface area contributed by atoms with Gasteiger partial charge >= 0.3 is 5.97 Å². The standard InChI is InChI=1S/C13H25NO3/c1-4-9(2)12(14)13(15)17-11-7-5-6-10(8-11)16-3/h9-12H,4-8,14H2,1-3H3/t9?,10?,11?,12-/m0/s1. The summed E-state index contributed by atoms with van der Waals surface area (Å²) in [5.41, 5.74) is 5.85. The van der Waals surface area contributed by atoms with E-state index in [1.54, 1.807) is 7.11 Å². The lowest BCUT2D eigenvalue weighted by Gasteiger charge is -2.29. The van der Waals surface area contributed by atoms with Crippen molar-refractivity contribution < 1.29 is 14.3 Å². The molecule has 0 saturated heterocycles. The van der Waals surface area contributed by atoms with Gasteiger partial charge in [-0.3, -0.25) is 4.79 Å². The summed E-state index contributed by atoms with van der Waals surface area (Å²) in [7, 11) is 1.71. The number of hydrogen-bond acceptors (Lipinski definition) is 4. The second-order valence-electron chi connectivity index (χ2n) is 4.99. The van der Waals surface area contributed by atoms with Gasteiger partial charge in [-0.25, -0.2) is 0 Å². The molecule has 1 aliphatic carbocycles. The molecule has 0 aromatic heterocycles. The first-order chi connectivity index (χ1) is 8.08. The van der Waals surface area contributed by atoms with Crippen LogP contribution < -0.4 is 5.73 Å². The average Bonchev–Trinajstić information content (AvgIpc) is 2.37. The van der Waals surface area contributed by atoms with Crippen molar-refractivity contribution >= 4 is 5.97 Å². The summed E-state index contributed by atoms with van der Waals surface area (Å²) in [5, 5.41) is 0. The van der Waals surface area contributed by atoms with E-state index in [-0.39, 0.29) is 24.1 Å². The molecule has 100 valence electrons. The van der Waals surface area contributed by atoms with Crippen LogP contribution in [0.4, 0.5) is 0 Å². The molecule has 0 bridgehead atoms. The van der Waals surface area contributed by atoms with E-state index in [0.717, 1.165) is 32.1 Å². The van der Waals surface area contributed by atoms with Gasteiger partial charge in [0.2, 0.25) is 0 Å². The maximum absolute atomic E-state index is 11.8. The monoisotopic (exact) mass is 243 g/mol. The van der Waals surface area contributed by atoms with E-state index in [1.807, 2.05) is 13.8 Å². The molecule has 1 rings (SSSR count). The summed E-state index contributed by atoms with van der Waals surface area (Å²) < 4.78 is 10.8. The Labute approximate surface area is 104 Å². The summed E-state index contributed by atoms with van der Waals surface area (Å²) in [6, 6.07) is -0.497. The number of carbonyl (C=O) groups is 1. The van der Waals surface area contributed by atoms with E-state index in [0.29, 0.717) is 0 Å². The second-order valence-corrected chi connectivity index (χ2v) is 4.99. The van der Waals surface area contributed by atoms with Crippen LogP contribution in [0.25, 0.3) is 0 Å². The van der Waals surface area contributed by atoms with E-state index < -0.39 is 6.04 Å². The summed E-state index contributed by atoms with van der Waals surface area (Å²) in [5.74, 6) is -0.0922. The molecular weight excluding hydrogens is 218 g/mol. The first-order valence-electron chi connectivity index (χ1n) is 6.57. The van der Waals surface area contributed by atoms with E-state index >= 15 is 0 Å². The van der Waals surface area contributed by atoms with Crippen LogP contribution in [0.3, 0.4) is 0 Å². The third kappa shape index (κ3) is 4.28. The Hall–Kier alpha value is -0.610. The van der Waals surface area contributed by atoms with Gasteiger partial charge in [-0.05, 0) is 25.2 Å².